The highest BCUT2D eigenvalue weighted by Gasteiger charge is 2.15. The number of nitrogens with zero attached hydrogens (tertiary/aromatic N) is 1. The molecule has 0 aliphatic heterocycles. The van der Waals surface area contributed by atoms with Crippen molar-refractivity contribution < 1.29 is 4.74 Å². The van der Waals surface area contributed by atoms with Gasteiger partial charge in [0.2, 0.25) is 0 Å². The largest absolute Gasteiger partial charge is 0.494 e. The Morgan fingerprint density at radius 3 is 2.84 bits per heavy atom. The van der Waals surface area contributed by atoms with E-state index in [4.69, 9.17) is 10.00 Å². The first kappa shape index (κ1) is 15.5. The standard InChI is InChI=1S/C16H24N2O/c1-4-18-12-14-7-5-8-15(11-14)19-10-6-9-16(2,3)13-17/h5,7-8,11,18H,4,6,9-10,12H2,1-3H3. The summed E-state index contributed by atoms with van der Waals surface area (Å²) in [6.45, 7) is 8.52. The summed E-state index contributed by atoms with van der Waals surface area (Å²) >= 11 is 0. The van der Waals surface area contributed by atoms with Gasteiger partial charge in [-0.2, -0.15) is 5.26 Å². The van der Waals surface area contributed by atoms with E-state index in [9.17, 15) is 0 Å². The summed E-state index contributed by atoms with van der Waals surface area (Å²) in [5.41, 5.74) is 0.979. The van der Waals surface area contributed by atoms with Crippen LogP contribution in [-0.4, -0.2) is 13.2 Å². The molecule has 1 rings (SSSR count). The van der Waals surface area contributed by atoms with E-state index in [0.717, 1.165) is 31.7 Å². The fourth-order valence-electron chi connectivity index (χ4n) is 1.77. The monoisotopic (exact) mass is 260 g/mol. The number of ether oxygens (including phenoxy) is 1. The number of benzene rings is 1. The van der Waals surface area contributed by atoms with Crippen LogP contribution in [0.2, 0.25) is 0 Å². The van der Waals surface area contributed by atoms with E-state index in [1.54, 1.807) is 0 Å². The lowest BCUT2D eigenvalue weighted by molar-refractivity contribution is 0.284. The van der Waals surface area contributed by atoms with Gasteiger partial charge in [-0.3, -0.25) is 0 Å². The van der Waals surface area contributed by atoms with Crippen molar-refractivity contribution in [1.82, 2.24) is 5.32 Å². The van der Waals surface area contributed by atoms with Gasteiger partial charge in [-0.05, 0) is 50.9 Å². The summed E-state index contributed by atoms with van der Waals surface area (Å²) in [6, 6.07) is 10.5. The molecule has 0 heterocycles. The molecular formula is C16H24N2O. The van der Waals surface area contributed by atoms with Crippen LogP contribution in [-0.2, 0) is 6.54 Å². The Morgan fingerprint density at radius 1 is 1.37 bits per heavy atom. The molecule has 0 saturated heterocycles. The quantitative estimate of drug-likeness (QED) is 0.728. The van der Waals surface area contributed by atoms with E-state index in [1.165, 1.54) is 5.56 Å². The topological polar surface area (TPSA) is 45.0 Å². The van der Waals surface area contributed by atoms with Gasteiger partial charge in [0.25, 0.3) is 0 Å². The maximum absolute atomic E-state index is 8.93. The van der Waals surface area contributed by atoms with Crippen molar-refractivity contribution >= 4 is 0 Å². The molecule has 19 heavy (non-hydrogen) atoms. The van der Waals surface area contributed by atoms with Gasteiger partial charge in [0.1, 0.15) is 5.75 Å². The van der Waals surface area contributed by atoms with Gasteiger partial charge in [-0.25, -0.2) is 0 Å². The Hall–Kier alpha value is -1.53. The van der Waals surface area contributed by atoms with Crippen LogP contribution in [0.15, 0.2) is 24.3 Å². The van der Waals surface area contributed by atoms with E-state index in [0.29, 0.717) is 6.61 Å². The smallest absolute Gasteiger partial charge is 0.119 e. The molecule has 0 bridgehead atoms. The molecule has 1 aromatic rings. The van der Waals surface area contributed by atoms with Crippen LogP contribution in [0.1, 0.15) is 39.2 Å². The molecule has 0 amide bonds. The van der Waals surface area contributed by atoms with Crippen LogP contribution in [0.5, 0.6) is 5.75 Å². The molecule has 1 N–H and O–H groups in total. The highest BCUT2D eigenvalue weighted by Crippen LogP contribution is 2.21. The molecule has 0 aromatic heterocycles. The van der Waals surface area contributed by atoms with E-state index in [2.05, 4.69) is 30.4 Å². The predicted molar refractivity (Wildman–Crippen MR) is 77.9 cm³/mol. The van der Waals surface area contributed by atoms with E-state index >= 15 is 0 Å². The lowest BCUT2D eigenvalue weighted by Crippen LogP contribution is -2.12. The van der Waals surface area contributed by atoms with Crippen molar-refractivity contribution in [1.29, 1.82) is 5.26 Å². The summed E-state index contributed by atoms with van der Waals surface area (Å²) in [7, 11) is 0. The number of nitrogens with one attached hydrogen (secondary N) is 1. The molecule has 0 aliphatic carbocycles. The molecule has 104 valence electrons. The zero-order valence-electron chi connectivity index (χ0n) is 12.2. The first-order chi connectivity index (χ1) is 9.07. The van der Waals surface area contributed by atoms with E-state index < -0.39 is 0 Å². The van der Waals surface area contributed by atoms with Crippen molar-refractivity contribution in [3.05, 3.63) is 29.8 Å². The highest BCUT2D eigenvalue weighted by atomic mass is 16.5. The van der Waals surface area contributed by atoms with Crippen LogP contribution in [0.3, 0.4) is 0 Å². The maximum atomic E-state index is 8.93. The Balaban J connectivity index is 2.35. The molecule has 3 heteroatoms. The maximum Gasteiger partial charge on any atom is 0.119 e. The van der Waals surface area contributed by atoms with Gasteiger partial charge < -0.3 is 10.1 Å². The third kappa shape index (κ3) is 6.26. The highest BCUT2D eigenvalue weighted by molar-refractivity contribution is 5.28. The number of rotatable bonds is 8. The molecule has 0 spiro atoms. The Morgan fingerprint density at radius 2 is 2.16 bits per heavy atom. The summed E-state index contributed by atoms with van der Waals surface area (Å²) in [5, 5.41) is 12.2. The molecule has 0 atom stereocenters. The van der Waals surface area contributed by atoms with Gasteiger partial charge in [0.15, 0.2) is 0 Å². The van der Waals surface area contributed by atoms with Crippen molar-refractivity contribution in [2.24, 2.45) is 5.41 Å². The fourth-order valence-corrected chi connectivity index (χ4v) is 1.77. The van der Waals surface area contributed by atoms with Crippen molar-refractivity contribution in [3.63, 3.8) is 0 Å². The minimum absolute atomic E-state index is 0.254. The second-order valence-corrected chi connectivity index (χ2v) is 5.38. The normalized spacial score (nSPS) is 11.1. The summed E-state index contributed by atoms with van der Waals surface area (Å²) in [4.78, 5) is 0. The zero-order chi connectivity index (χ0) is 14.1. The third-order valence-electron chi connectivity index (χ3n) is 3.00. The van der Waals surface area contributed by atoms with Crippen molar-refractivity contribution in [2.75, 3.05) is 13.2 Å². The van der Waals surface area contributed by atoms with Gasteiger partial charge >= 0.3 is 0 Å². The van der Waals surface area contributed by atoms with Crippen LogP contribution >= 0.6 is 0 Å². The number of hydrogen-bond acceptors (Lipinski definition) is 3. The summed E-state index contributed by atoms with van der Waals surface area (Å²) in [5.74, 6) is 0.908. The molecule has 0 saturated carbocycles. The second-order valence-electron chi connectivity index (χ2n) is 5.38. The predicted octanol–water partition coefficient (Wildman–Crippen LogP) is 3.50. The van der Waals surface area contributed by atoms with Crippen LogP contribution in [0.25, 0.3) is 0 Å². The van der Waals surface area contributed by atoms with Gasteiger partial charge in [-0.1, -0.05) is 19.1 Å². The number of nitriles is 1. The first-order valence-corrected chi connectivity index (χ1v) is 6.91. The third-order valence-corrected chi connectivity index (χ3v) is 3.00. The van der Waals surface area contributed by atoms with Gasteiger partial charge in [-0.15, -0.1) is 0 Å². The first-order valence-electron chi connectivity index (χ1n) is 6.91. The fraction of sp³-hybridized carbons (Fsp3) is 0.562. The molecule has 0 fully saturated rings. The molecule has 0 unspecified atom stereocenters. The molecule has 3 nitrogen and oxygen atoms in total. The molecule has 0 aliphatic rings. The SMILES string of the molecule is CCNCc1cccc(OCCCC(C)(C)C#N)c1. The average molecular weight is 260 g/mol. The van der Waals surface area contributed by atoms with E-state index in [-0.39, 0.29) is 5.41 Å². The Labute approximate surface area is 116 Å². The lowest BCUT2D eigenvalue weighted by Gasteiger charge is -2.15. The lowest BCUT2D eigenvalue weighted by atomic mass is 9.90. The average Bonchev–Trinajstić information content (AvgIpc) is 2.42. The minimum atomic E-state index is -0.254. The Bertz CT molecular complexity index is 421. The van der Waals surface area contributed by atoms with Crippen molar-refractivity contribution in [2.45, 2.75) is 40.2 Å². The second kappa shape index (κ2) is 7.81. The van der Waals surface area contributed by atoms with Crippen LogP contribution in [0, 0.1) is 16.7 Å². The summed E-state index contributed by atoms with van der Waals surface area (Å²) in [6.07, 6.45) is 1.76. The molecule has 0 radical (unpaired) electrons. The van der Waals surface area contributed by atoms with Crippen LogP contribution < -0.4 is 10.1 Å². The minimum Gasteiger partial charge on any atom is -0.494 e. The summed E-state index contributed by atoms with van der Waals surface area (Å²) < 4.78 is 5.73. The van der Waals surface area contributed by atoms with Gasteiger partial charge in [0, 0.05) is 6.54 Å². The van der Waals surface area contributed by atoms with Gasteiger partial charge in [0.05, 0.1) is 18.1 Å². The zero-order valence-corrected chi connectivity index (χ0v) is 12.2. The number of hydrogen-bond donors (Lipinski definition) is 1. The van der Waals surface area contributed by atoms with Crippen LogP contribution in [0.4, 0.5) is 0 Å². The Kier molecular flexibility index (Phi) is 6.38. The molecular weight excluding hydrogens is 236 g/mol. The van der Waals surface area contributed by atoms with Crippen molar-refractivity contribution in [3.8, 4) is 11.8 Å². The van der Waals surface area contributed by atoms with E-state index in [1.807, 2.05) is 26.0 Å². The molecule has 1 aromatic carbocycles.